The maximum atomic E-state index is 5.72. The van der Waals surface area contributed by atoms with Crippen LogP contribution in [0.4, 0.5) is 5.13 Å². The zero-order chi connectivity index (χ0) is 11.5. The largest absolute Gasteiger partial charge is 0.375 e. The van der Waals surface area contributed by atoms with Gasteiger partial charge in [-0.25, -0.2) is 9.97 Å². The molecular formula is C10H10ClN3S2. The minimum atomic E-state index is 0.520. The summed E-state index contributed by atoms with van der Waals surface area (Å²) in [5, 5.41) is 1.14. The highest BCUT2D eigenvalue weighted by molar-refractivity contribution is 8.00. The van der Waals surface area contributed by atoms with E-state index >= 15 is 0 Å². The van der Waals surface area contributed by atoms with Crippen LogP contribution in [-0.4, -0.2) is 9.97 Å². The molecule has 2 aromatic rings. The number of thiazole rings is 1. The van der Waals surface area contributed by atoms with Gasteiger partial charge < -0.3 is 5.73 Å². The third-order valence-corrected chi connectivity index (χ3v) is 4.57. The Labute approximate surface area is 107 Å². The second kappa shape index (κ2) is 5.03. The quantitative estimate of drug-likeness (QED) is 0.687. The molecule has 3 nitrogen and oxygen atoms in total. The van der Waals surface area contributed by atoms with Gasteiger partial charge >= 0.3 is 0 Å². The second-order valence-corrected chi connectivity index (χ2v) is 5.86. The molecule has 0 atom stereocenters. The van der Waals surface area contributed by atoms with E-state index in [0.717, 1.165) is 21.2 Å². The Morgan fingerprint density at radius 3 is 2.88 bits per heavy atom. The standard InChI is InChI=1S/C10H10ClN3S2/c1-6-9(16-10(12)14-6)15-5-7-2-3-8(11)13-4-7/h2-4H,5H2,1H3,(H2,12,14). The van der Waals surface area contributed by atoms with Gasteiger partial charge in [-0.2, -0.15) is 0 Å². The molecule has 0 spiro atoms. The smallest absolute Gasteiger partial charge is 0.181 e. The fourth-order valence-corrected chi connectivity index (χ4v) is 3.25. The van der Waals surface area contributed by atoms with Gasteiger partial charge in [-0.1, -0.05) is 29.0 Å². The fourth-order valence-electron chi connectivity index (χ4n) is 1.18. The van der Waals surface area contributed by atoms with Crippen LogP contribution >= 0.6 is 34.7 Å². The summed E-state index contributed by atoms with van der Waals surface area (Å²) in [5.74, 6) is 0.854. The molecule has 0 unspecified atom stereocenters. The van der Waals surface area contributed by atoms with Crippen LogP contribution in [0.3, 0.4) is 0 Å². The molecule has 0 fully saturated rings. The topological polar surface area (TPSA) is 51.8 Å². The van der Waals surface area contributed by atoms with E-state index in [4.69, 9.17) is 17.3 Å². The summed E-state index contributed by atoms with van der Waals surface area (Å²) in [6.45, 7) is 1.97. The van der Waals surface area contributed by atoms with Crippen molar-refractivity contribution in [3.8, 4) is 0 Å². The average Bonchev–Trinajstić information content (AvgIpc) is 2.57. The van der Waals surface area contributed by atoms with Crippen LogP contribution < -0.4 is 5.73 Å². The fraction of sp³-hybridized carbons (Fsp3) is 0.200. The van der Waals surface area contributed by atoms with Crippen molar-refractivity contribution in [1.82, 2.24) is 9.97 Å². The van der Waals surface area contributed by atoms with Crippen LogP contribution in [0.15, 0.2) is 22.5 Å². The molecule has 2 rings (SSSR count). The third kappa shape index (κ3) is 2.87. The number of thioether (sulfide) groups is 1. The number of aromatic nitrogens is 2. The first-order chi connectivity index (χ1) is 7.65. The number of nitrogens with zero attached hydrogens (tertiary/aromatic N) is 2. The summed E-state index contributed by atoms with van der Waals surface area (Å²) in [6, 6.07) is 3.77. The molecule has 6 heteroatoms. The number of nitrogen functional groups attached to an aromatic ring is 1. The minimum Gasteiger partial charge on any atom is -0.375 e. The van der Waals surface area contributed by atoms with Gasteiger partial charge in [0.2, 0.25) is 0 Å². The van der Waals surface area contributed by atoms with Crippen LogP contribution in [0.25, 0.3) is 0 Å². The number of pyridine rings is 1. The van der Waals surface area contributed by atoms with Crippen molar-refractivity contribution in [2.75, 3.05) is 5.73 Å². The lowest BCUT2D eigenvalue weighted by atomic mass is 10.3. The van der Waals surface area contributed by atoms with Gasteiger partial charge in [0, 0.05) is 11.9 Å². The molecule has 0 aliphatic carbocycles. The monoisotopic (exact) mass is 271 g/mol. The summed E-state index contributed by atoms with van der Waals surface area (Å²) < 4.78 is 1.16. The molecular weight excluding hydrogens is 262 g/mol. The number of hydrogen-bond donors (Lipinski definition) is 1. The van der Waals surface area contributed by atoms with Crippen LogP contribution in [0, 0.1) is 6.92 Å². The molecule has 0 saturated carbocycles. The summed E-state index contributed by atoms with van der Waals surface area (Å²) >= 11 is 8.95. The number of rotatable bonds is 3. The van der Waals surface area contributed by atoms with Gasteiger partial charge in [-0.3, -0.25) is 0 Å². The van der Waals surface area contributed by atoms with Crippen molar-refractivity contribution < 1.29 is 0 Å². The van der Waals surface area contributed by atoms with E-state index in [1.807, 2.05) is 13.0 Å². The summed E-state index contributed by atoms with van der Waals surface area (Å²) in [5.41, 5.74) is 7.77. The molecule has 2 N–H and O–H groups in total. The number of hydrogen-bond acceptors (Lipinski definition) is 5. The summed E-state index contributed by atoms with van der Waals surface area (Å²) in [6.07, 6.45) is 1.79. The molecule has 0 saturated heterocycles. The predicted octanol–water partition coefficient (Wildman–Crippen LogP) is 3.37. The highest BCUT2D eigenvalue weighted by atomic mass is 35.5. The molecule has 0 amide bonds. The van der Waals surface area contributed by atoms with E-state index in [1.54, 1.807) is 24.0 Å². The molecule has 0 aromatic carbocycles. The summed E-state index contributed by atoms with van der Waals surface area (Å²) in [4.78, 5) is 8.21. The number of halogens is 1. The number of aryl methyl sites for hydroxylation is 1. The van der Waals surface area contributed by atoms with Crippen molar-refractivity contribution in [2.24, 2.45) is 0 Å². The van der Waals surface area contributed by atoms with Crippen molar-refractivity contribution >= 4 is 39.8 Å². The highest BCUT2D eigenvalue weighted by Crippen LogP contribution is 2.32. The van der Waals surface area contributed by atoms with Gasteiger partial charge in [0.1, 0.15) is 5.15 Å². The lowest BCUT2D eigenvalue weighted by Crippen LogP contribution is -1.83. The van der Waals surface area contributed by atoms with Gasteiger partial charge in [0.25, 0.3) is 0 Å². The zero-order valence-electron chi connectivity index (χ0n) is 8.61. The minimum absolute atomic E-state index is 0.520. The van der Waals surface area contributed by atoms with E-state index in [0.29, 0.717) is 10.3 Å². The van der Waals surface area contributed by atoms with Crippen LogP contribution in [-0.2, 0) is 5.75 Å². The number of anilines is 1. The third-order valence-electron chi connectivity index (χ3n) is 1.93. The Bertz CT molecular complexity index is 481. The lowest BCUT2D eigenvalue weighted by molar-refractivity contribution is 1.21. The Balaban J connectivity index is 2.02. The van der Waals surface area contributed by atoms with Crippen molar-refractivity contribution in [3.05, 3.63) is 34.7 Å². The van der Waals surface area contributed by atoms with E-state index in [1.165, 1.54) is 11.3 Å². The van der Waals surface area contributed by atoms with E-state index in [2.05, 4.69) is 9.97 Å². The SMILES string of the molecule is Cc1nc(N)sc1SCc1ccc(Cl)nc1. The van der Waals surface area contributed by atoms with E-state index in [9.17, 15) is 0 Å². The first-order valence-electron chi connectivity index (χ1n) is 4.61. The molecule has 2 heterocycles. The molecule has 0 bridgehead atoms. The van der Waals surface area contributed by atoms with Gasteiger partial charge in [0.15, 0.2) is 5.13 Å². The average molecular weight is 272 g/mol. The Hall–Kier alpha value is -0.780. The van der Waals surface area contributed by atoms with Crippen LogP contribution in [0.1, 0.15) is 11.3 Å². The Morgan fingerprint density at radius 2 is 2.31 bits per heavy atom. The van der Waals surface area contributed by atoms with Gasteiger partial charge in [-0.05, 0) is 18.6 Å². The molecule has 16 heavy (non-hydrogen) atoms. The maximum Gasteiger partial charge on any atom is 0.181 e. The van der Waals surface area contributed by atoms with E-state index < -0.39 is 0 Å². The molecule has 0 radical (unpaired) electrons. The van der Waals surface area contributed by atoms with Crippen molar-refractivity contribution in [2.45, 2.75) is 16.9 Å². The van der Waals surface area contributed by atoms with Crippen molar-refractivity contribution in [1.29, 1.82) is 0 Å². The zero-order valence-corrected chi connectivity index (χ0v) is 11.0. The first kappa shape index (κ1) is 11.7. The van der Waals surface area contributed by atoms with Crippen LogP contribution in [0.2, 0.25) is 5.15 Å². The molecule has 84 valence electrons. The normalized spacial score (nSPS) is 10.6. The predicted molar refractivity (Wildman–Crippen MR) is 70.1 cm³/mol. The lowest BCUT2D eigenvalue weighted by Gasteiger charge is -1.99. The second-order valence-electron chi connectivity index (χ2n) is 3.20. The van der Waals surface area contributed by atoms with Crippen molar-refractivity contribution in [3.63, 3.8) is 0 Å². The van der Waals surface area contributed by atoms with Gasteiger partial charge in [-0.15, -0.1) is 11.8 Å². The Kier molecular flexibility index (Phi) is 3.68. The Morgan fingerprint density at radius 1 is 1.50 bits per heavy atom. The van der Waals surface area contributed by atoms with Crippen LogP contribution in [0.5, 0.6) is 0 Å². The van der Waals surface area contributed by atoms with Gasteiger partial charge in [0.05, 0.1) is 9.90 Å². The number of nitrogens with two attached hydrogens (primary N) is 1. The first-order valence-corrected chi connectivity index (χ1v) is 6.79. The molecule has 0 aliphatic heterocycles. The molecule has 2 aromatic heterocycles. The molecule has 0 aliphatic rings. The summed E-state index contributed by atoms with van der Waals surface area (Å²) in [7, 11) is 0. The highest BCUT2D eigenvalue weighted by Gasteiger charge is 2.06. The maximum absolute atomic E-state index is 5.72. The van der Waals surface area contributed by atoms with E-state index in [-0.39, 0.29) is 0 Å².